The number of hydrogen-bond acceptors (Lipinski definition) is 4. The number of likely N-dealkylation sites (N-methyl/N-ethyl adjacent to an activating group) is 1. The minimum Gasteiger partial charge on any atom is -0.390 e. The second-order valence-corrected chi connectivity index (χ2v) is 5.06. The molecule has 12 heavy (non-hydrogen) atoms. The van der Waals surface area contributed by atoms with Gasteiger partial charge in [0, 0.05) is 19.6 Å². The molecule has 0 aromatic heterocycles. The normalized spacial score (nSPS) is 17.8. The van der Waals surface area contributed by atoms with Gasteiger partial charge in [-0.15, -0.1) is 0 Å². The van der Waals surface area contributed by atoms with Crippen molar-refractivity contribution in [1.82, 2.24) is 4.31 Å². The summed E-state index contributed by atoms with van der Waals surface area (Å²) in [5.74, 6) is 0. The number of nitrogens with two attached hydrogens (primary N) is 1. The van der Waals surface area contributed by atoms with Crippen LogP contribution in [0.1, 0.15) is 6.92 Å². The quantitative estimate of drug-likeness (QED) is 0.578. The van der Waals surface area contributed by atoms with Crippen LogP contribution in [0.2, 0.25) is 0 Å². The Balaban J connectivity index is 4.11. The van der Waals surface area contributed by atoms with Crippen LogP contribution in [0.3, 0.4) is 0 Å². The van der Waals surface area contributed by atoms with Gasteiger partial charge in [-0.2, -0.15) is 0 Å². The molecule has 0 bridgehead atoms. The van der Waals surface area contributed by atoms with Gasteiger partial charge in [-0.3, -0.25) is 0 Å². The third-order valence-corrected chi connectivity index (χ3v) is 2.90. The fraction of sp³-hybridized carbons (Fsp3) is 1.00. The van der Waals surface area contributed by atoms with Crippen molar-refractivity contribution in [2.24, 2.45) is 5.73 Å². The molecule has 0 aliphatic heterocycles. The first-order chi connectivity index (χ1) is 5.25. The lowest BCUT2D eigenvalue weighted by Gasteiger charge is -2.20. The SMILES string of the molecule is CC(N)C(O)CN(C)S(C)(=O)=O. The Morgan fingerprint density at radius 1 is 1.58 bits per heavy atom. The summed E-state index contributed by atoms with van der Waals surface area (Å²) in [6, 6.07) is -0.422. The number of aliphatic hydroxyl groups is 1. The van der Waals surface area contributed by atoms with Crippen molar-refractivity contribution in [3.05, 3.63) is 0 Å². The van der Waals surface area contributed by atoms with Crippen LogP contribution in [0.4, 0.5) is 0 Å². The largest absolute Gasteiger partial charge is 0.390 e. The van der Waals surface area contributed by atoms with Gasteiger partial charge in [-0.05, 0) is 6.92 Å². The van der Waals surface area contributed by atoms with E-state index in [4.69, 9.17) is 5.73 Å². The van der Waals surface area contributed by atoms with Crippen LogP contribution in [0.25, 0.3) is 0 Å². The molecule has 0 aliphatic carbocycles. The van der Waals surface area contributed by atoms with Gasteiger partial charge in [0.1, 0.15) is 0 Å². The molecule has 0 aliphatic rings. The van der Waals surface area contributed by atoms with Crippen LogP contribution in [0.5, 0.6) is 0 Å². The zero-order valence-corrected chi connectivity index (χ0v) is 8.37. The molecule has 0 spiro atoms. The molecule has 0 aromatic carbocycles. The molecule has 5 nitrogen and oxygen atoms in total. The Hall–Kier alpha value is -0.170. The fourth-order valence-corrected chi connectivity index (χ4v) is 0.989. The molecule has 0 saturated carbocycles. The summed E-state index contributed by atoms with van der Waals surface area (Å²) in [4.78, 5) is 0. The average Bonchev–Trinajstić information content (AvgIpc) is 1.85. The highest BCUT2D eigenvalue weighted by Gasteiger charge is 2.17. The summed E-state index contributed by atoms with van der Waals surface area (Å²) in [7, 11) is -1.81. The monoisotopic (exact) mass is 196 g/mol. The van der Waals surface area contributed by atoms with Crippen LogP contribution in [-0.2, 0) is 10.0 Å². The number of nitrogens with zero attached hydrogens (tertiary/aromatic N) is 1. The molecule has 0 aromatic rings. The zero-order valence-electron chi connectivity index (χ0n) is 7.56. The Labute approximate surface area is 73.2 Å². The second-order valence-electron chi connectivity index (χ2n) is 2.97. The molecule has 0 radical (unpaired) electrons. The maximum absolute atomic E-state index is 10.9. The number of sulfonamides is 1. The van der Waals surface area contributed by atoms with Gasteiger partial charge in [0.15, 0.2) is 0 Å². The van der Waals surface area contributed by atoms with Crippen molar-refractivity contribution in [1.29, 1.82) is 0 Å². The van der Waals surface area contributed by atoms with Crippen molar-refractivity contribution in [2.45, 2.75) is 19.1 Å². The zero-order chi connectivity index (χ0) is 9.94. The molecule has 0 rings (SSSR count). The fourth-order valence-electron chi connectivity index (χ4n) is 0.565. The van der Waals surface area contributed by atoms with E-state index in [0.29, 0.717) is 0 Å². The molecular weight excluding hydrogens is 180 g/mol. The molecule has 0 amide bonds. The highest BCUT2D eigenvalue weighted by atomic mass is 32.2. The minimum absolute atomic E-state index is 0.0382. The van der Waals surface area contributed by atoms with Crippen molar-refractivity contribution < 1.29 is 13.5 Å². The highest BCUT2D eigenvalue weighted by Crippen LogP contribution is 1.97. The smallest absolute Gasteiger partial charge is 0.211 e. The van der Waals surface area contributed by atoms with E-state index in [2.05, 4.69) is 0 Å². The molecule has 0 heterocycles. The summed E-state index contributed by atoms with van der Waals surface area (Å²) < 4.78 is 22.8. The molecule has 74 valence electrons. The van der Waals surface area contributed by atoms with E-state index in [9.17, 15) is 13.5 Å². The third-order valence-electron chi connectivity index (χ3n) is 1.62. The standard InChI is InChI=1S/C6H16N2O3S/c1-5(7)6(9)4-8(2)12(3,10)11/h5-6,9H,4,7H2,1-3H3. The van der Waals surface area contributed by atoms with Gasteiger partial charge in [-0.25, -0.2) is 12.7 Å². The molecule has 0 saturated heterocycles. The molecule has 6 heteroatoms. The van der Waals surface area contributed by atoms with Gasteiger partial charge >= 0.3 is 0 Å². The van der Waals surface area contributed by atoms with E-state index in [-0.39, 0.29) is 6.54 Å². The topological polar surface area (TPSA) is 83.6 Å². The van der Waals surface area contributed by atoms with Crippen molar-refractivity contribution in [3.8, 4) is 0 Å². The van der Waals surface area contributed by atoms with Crippen LogP contribution >= 0.6 is 0 Å². The summed E-state index contributed by atoms with van der Waals surface area (Å²) in [6.45, 7) is 1.66. The number of rotatable bonds is 4. The van der Waals surface area contributed by atoms with Crippen molar-refractivity contribution >= 4 is 10.0 Å². The summed E-state index contributed by atoms with van der Waals surface area (Å²) in [6.07, 6.45) is 0.269. The first-order valence-electron chi connectivity index (χ1n) is 3.60. The summed E-state index contributed by atoms with van der Waals surface area (Å²) in [5.41, 5.74) is 5.36. The molecule has 0 fully saturated rings. The van der Waals surface area contributed by atoms with Gasteiger partial charge < -0.3 is 10.8 Å². The third kappa shape index (κ3) is 4.01. The van der Waals surface area contributed by atoms with Gasteiger partial charge in [0.25, 0.3) is 0 Å². The van der Waals surface area contributed by atoms with E-state index in [0.717, 1.165) is 10.6 Å². The highest BCUT2D eigenvalue weighted by molar-refractivity contribution is 7.88. The number of hydrogen-bond donors (Lipinski definition) is 2. The van der Waals surface area contributed by atoms with Crippen molar-refractivity contribution in [3.63, 3.8) is 0 Å². The molecular formula is C6H16N2O3S. The molecule has 2 atom stereocenters. The van der Waals surface area contributed by atoms with E-state index < -0.39 is 22.2 Å². The predicted molar refractivity (Wildman–Crippen MR) is 47.1 cm³/mol. The Kier molecular flexibility index (Phi) is 4.12. The maximum atomic E-state index is 10.9. The lowest BCUT2D eigenvalue weighted by Crippen LogP contribution is -2.42. The Bertz CT molecular complexity index is 225. The minimum atomic E-state index is -3.21. The predicted octanol–water partition coefficient (Wildman–Crippen LogP) is -1.41. The van der Waals surface area contributed by atoms with Gasteiger partial charge in [-0.1, -0.05) is 0 Å². The van der Waals surface area contributed by atoms with Crippen LogP contribution in [-0.4, -0.2) is 49.8 Å². The van der Waals surface area contributed by atoms with E-state index >= 15 is 0 Å². The second kappa shape index (κ2) is 4.18. The van der Waals surface area contributed by atoms with E-state index in [1.807, 2.05) is 0 Å². The van der Waals surface area contributed by atoms with Crippen molar-refractivity contribution in [2.75, 3.05) is 19.8 Å². The van der Waals surface area contributed by atoms with Gasteiger partial charge in [0.05, 0.1) is 12.4 Å². The maximum Gasteiger partial charge on any atom is 0.211 e. The first kappa shape index (κ1) is 11.8. The van der Waals surface area contributed by atoms with Crippen LogP contribution < -0.4 is 5.73 Å². The van der Waals surface area contributed by atoms with E-state index in [1.165, 1.54) is 7.05 Å². The summed E-state index contributed by atoms with van der Waals surface area (Å²) >= 11 is 0. The lowest BCUT2D eigenvalue weighted by molar-refractivity contribution is 0.131. The number of aliphatic hydroxyl groups excluding tert-OH is 1. The lowest BCUT2D eigenvalue weighted by atomic mass is 10.2. The van der Waals surface area contributed by atoms with E-state index in [1.54, 1.807) is 6.92 Å². The summed E-state index contributed by atoms with van der Waals surface area (Å²) in [5, 5.41) is 9.23. The first-order valence-corrected chi connectivity index (χ1v) is 5.45. The van der Waals surface area contributed by atoms with Gasteiger partial charge in [0.2, 0.25) is 10.0 Å². The molecule has 3 N–H and O–H groups in total. The average molecular weight is 196 g/mol. The Morgan fingerprint density at radius 2 is 2.00 bits per heavy atom. The Morgan fingerprint density at radius 3 is 2.25 bits per heavy atom. The van der Waals surface area contributed by atoms with Crippen LogP contribution in [0.15, 0.2) is 0 Å². The van der Waals surface area contributed by atoms with Crippen LogP contribution in [0, 0.1) is 0 Å². The molecule has 2 unspecified atom stereocenters.